The number of nitrogens with one attached hydrogen (secondary N) is 1. The van der Waals surface area contributed by atoms with Crippen LogP contribution in [0, 0.1) is 20.8 Å². The predicted octanol–water partition coefficient (Wildman–Crippen LogP) is -3.55. The van der Waals surface area contributed by atoms with Crippen molar-refractivity contribution in [2.24, 2.45) is 0 Å². The summed E-state index contributed by atoms with van der Waals surface area (Å²) in [5.41, 5.74) is 10.7. The van der Waals surface area contributed by atoms with E-state index in [1.807, 2.05) is 0 Å². The second-order valence-electron chi connectivity index (χ2n) is 8.34. The number of rotatable bonds is 4. The molecule has 0 radical (unpaired) electrons. The van der Waals surface area contributed by atoms with Crippen molar-refractivity contribution in [3.63, 3.8) is 0 Å². The number of ketones is 2. The Hall–Kier alpha value is -1.78. The number of hydrogen-bond donors (Lipinski definition) is 4. The molecule has 38 heavy (non-hydrogen) atoms. The Morgan fingerprint density at radius 1 is 0.816 bits per heavy atom. The van der Waals surface area contributed by atoms with E-state index in [4.69, 9.17) is 11.5 Å². The normalized spacial score (nSPS) is 12.7. The van der Waals surface area contributed by atoms with Gasteiger partial charge in [0.25, 0.3) is 10.1 Å². The van der Waals surface area contributed by atoms with Crippen LogP contribution in [0.2, 0.25) is 0 Å². The Morgan fingerprint density at radius 2 is 1.32 bits per heavy atom. The van der Waals surface area contributed by atoms with Gasteiger partial charge < -0.3 is 21.3 Å². The average molecular weight is 577 g/mol. The minimum atomic E-state index is -5.21. The van der Waals surface area contributed by atoms with Crippen molar-refractivity contribution in [1.82, 2.24) is 0 Å². The summed E-state index contributed by atoms with van der Waals surface area (Å²) in [5, 5.41) is 2.78. The topological polar surface area (TPSA) is 210 Å². The Kier molecular flexibility index (Phi) is 9.39. The van der Waals surface area contributed by atoms with Gasteiger partial charge in [-0.25, -0.2) is 8.42 Å². The number of benzene rings is 3. The summed E-state index contributed by atoms with van der Waals surface area (Å²) in [6.45, 7) is 4.29. The molecule has 0 aromatic heterocycles. The van der Waals surface area contributed by atoms with E-state index in [-0.39, 0.29) is 104 Å². The summed E-state index contributed by atoms with van der Waals surface area (Å²) in [4.78, 5) is 25.3. The molecule has 0 unspecified atom stereocenters. The van der Waals surface area contributed by atoms with E-state index in [1.165, 1.54) is 45.0 Å². The minimum absolute atomic E-state index is 0. The Labute approximate surface area is 263 Å². The summed E-state index contributed by atoms with van der Waals surface area (Å²) in [7, 11) is -9.95. The predicted molar refractivity (Wildman–Crippen MR) is 130 cm³/mol. The molecule has 0 fully saturated rings. The van der Waals surface area contributed by atoms with Crippen molar-refractivity contribution in [3.8, 4) is 0 Å². The van der Waals surface area contributed by atoms with E-state index >= 15 is 0 Å². The number of anilines is 4. The molecule has 0 saturated carbocycles. The summed E-state index contributed by atoms with van der Waals surface area (Å²) in [6, 6.07) is 6.65. The van der Waals surface area contributed by atoms with Gasteiger partial charge >= 0.3 is 59.1 Å². The van der Waals surface area contributed by atoms with E-state index in [0.717, 1.165) is 6.07 Å². The molecular weight excluding hydrogens is 556 g/mol. The number of nitrogen functional groups attached to an aromatic ring is 2. The fourth-order valence-electron chi connectivity index (χ4n) is 4.52. The SMILES string of the molecule is Cc1c(N)c(C)c(S(=O)(=O)O)c(C)c1Nc1cc(S(=O)(=O)[O-])c(N)c2c1C(=O)c1ccccc1C2=O.[Na+].[Na+]. The zero-order valence-corrected chi connectivity index (χ0v) is 26.8. The van der Waals surface area contributed by atoms with Crippen molar-refractivity contribution < 1.29 is 94.6 Å². The number of hydrogen-bond acceptors (Lipinski definition) is 10. The van der Waals surface area contributed by atoms with Gasteiger partial charge in [-0.1, -0.05) is 24.3 Å². The van der Waals surface area contributed by atoms with Crippen molar-refractivity contribution in [3.05, 3.63) is 69.3 Å². The molecule has 0 aliphatic heterocycles. The quantitative estimate of drug-likeness (QED) is 0.106. The van der Waals surface area contributed by atoms with Crippen LogP contribution in [0.3, 0.4) is 0 Å². The molecule has 3 aromatic carbocycles. The molecule has 15 heteroatoms. The van der Waals surface area contributed by atoms with Gasteiger partial charge in [0.15, 0.2) is 11.6 Å². The van der Waals surface area contributed by atoms with E-state index in [1.54, 1.807) is 0 Å². The second-order valence-corrected chi connectivity index (χ2v) is 11.0. The maximum Gasteiger partial charge on any atom is 1.00 e. The van der Waals surface area contributed by atoms with Gasteiger partial charge in [-0.05, 0) is 43.5 Å². The smallest absolute Gasteiger partial charge is 0.744 e. The third-order valence-electron chi connectivity index (χ3n) is 6.23. The van der Waals surface area contributed by atoms with E-state index < -0.39 is 52.8 Å². The van der Waals surface area contributed by atoms with E-state index in [9.17, 15) is 35.5 Å². The van der Waals surface area contributed by atoms with Crippen LogP contribution >= 0.6 is 0 Å². The van der Waals surface area contributed by atoms with Crippen LogP contribution in [0.4, 0.5) is 22.7 Å². The molecule has 6 N–H and O–H groups in total. The molecule has 0 heterocycles. The molecule has 188 valence electrons. The van der Waals surface area contributed by atoms with Gasteiger partial charge in [-0.15, -0.1) is 0 Å². The van der Waals surface area contributed by atoms with Crippen LogP contribution in [0.5, 0.6) is 0 Å². The van der Waals surface area contributed by atoms with Crippen LogP contribution in [0.15, 0.2) is 40.1 Å². The van der Waals surface area contributed by atoms with Gasteiger partial charge in [-0.2, -0.15) is 8.42 Å². The first kappa shape index (κ1) is 32.4. The van der Waals surface area contributed by atoms with E-state index in [0.29, 0.717) is 5.56 Å². The molecule has 0 atom stereocenters. The van der Waals surface area contributed by atoms with Crippen LogP contribution in [-0.2, 0) is 20.2 Å². The molecule has 0 bridgehead atoms. The van der Waals surface area contributed by atoms with Crippen LogP contribution < -0.4 is 75.9 Å². The Bertz CT molecular complexity index is 1760. The molecule has 0 spiro atoms. The van der Waals surface area contributed by atoms with Crippen molar-refractivity contribution in [2.75, 3.05) is 16.8 Å². The van der Waals surface area contributed by atoms with Gasteiger partial charge in [0.1, 0.15) is 15.0 Å². The monoisotopic (exact) mass is 576 g/mol. The maximum atomic E-state index is 13.5. The second kappa shape index (κ2) is 11.0. The first-order valence-corrected chi connectivity index (χ1v) is 13.2. The molecule has 3 aromatic rings. The molecule has 4 rings (SSSR count). The van der Waals surface area contributed by atoms with Gasteiger partial charge in [0.05, 0.1) is 27.4 Å². The molecule has 1 aliphatic rings. The first-order chi connectivity index (χ1) is 16.6. The van der Waals surface area contributed by atoms with Crippen LogP contribution in [0.25, 0.3) is 0 Å². The van der Waals surface area contributed by atoms with Gasteiger partial charge in [-0.3, -0.25) is 14.1 Å². The summed E-state index contributed by atoms with van der Waals surface area (Å²) in [5.74, 6) is -1.43. The number of fused-ring (bicyclic) bond motifs is 2. The summed E-state index contributed by atoms with van der Waals surface area (Å²) < 4.78 is 69.9. The van der Waals surface area contributed by atoms with Crippen molar-refractivity contribution in [2.45, 2.75) is 30.6 Å². The average Bonchev–Trinajstić information content (AvgIpc) is 2.77. The fourth-order valence-corrected chi connectivity index (χ4v) is 6.14. The zero-order valence-electron chi connectivity index (χ0n) is 21.2. The summed E-state index contributed by atoms with van der Waals surface area (Å²) >= 11 is 0. The van der Waals surface area contributed by atoms with Gasteiger partial charge in [0.2, 0.25) is 0 Å². The zero-order chi connectivity index (χ0) is 26.9. The first-order valence-electron chi connectivity index (χ1n) is 10.3. The van der Waals surface area contributed by atoms with Crippen molar-refractivity contribution in [1.29, 1.82) is 0 Å². The van der Waals surface area contributed by atoms with Crippen molar-refractivity contribution >= 4 is 54.6 Å². The summed E-state index contributed by atoms with van der Waals surface area (Å²) in [6.07, 6.45) is 0. The molecule has 0 saturated heterocycles. The third kappa shape index (κ3) is 5.20. The molecule has 1 aliphatic carbocycles. The standard InChI is InChI=1S/C23H21N3O8S2.2Na/c1-9-18(24)10(2)23(36(32,33)34)11(3)20(9)26-14-8-15(35(29,30)31)19(25)17-16(14)21(27)12-6-4-5-7-13(12)22(17)28;;/h4-8,26H,24-25H2,1-3H3,(H,29,30,31)(H,32,33,34);;/q;2*+1/p-1. The molecular formula is C23H20N3Na2O8S2+. The largest absolute Gasteiger partial charge is 1.00 e. The van der Waals surface area contributed by atoms with Crippen LogP contribution in [0.1, 0.15) is 48.5 Å². The third-order valence-corrected chi connectivity index (χ3v) is 8.23. The number of carbonyl (C=O) groups is 2. The van der Waals surface area contributed by atoms with Gasteiger partial charge in [0, 0.05) is 22.5 Å². The molecule has 0 amide bonds. The Balaban J connectivity index is 0.00000253. The molecule has 11 nitrogen and oxygen atoms in total. The number of carbonyl (C=O) groups excluding carboxylic acids is 2. The Morgan fingerprint density at radius 3 is 1.79 bits per heavy atom. The van der Waals surface area contributed by atoms with Crippen LogP contribution in [-0.4, -0.2) is 37.5 Å². The number of nitrogens with two attached hydrogens (primary N) is 2. The van der Waals surface area contributed by atoms with E-state index in [2.05, 4.69) is 5.32 Å². The maximum absolute atomic E-state index is 13.5. The fraction of sp³-hybridized carbons (Fsp3) is 0.130. The minimum Gasteiger partial charge on any atom is -0.744 e.